The highest BCUT2D eigenvalue weighted by atomic mass is 16.5. The Morgan fingerprint density at radius 1 is 1.18 bits per heavy atom. The summed E-state index contributed by atoms with van der Waals surface area (Å²) in [5.74, 6) is 0.665. The number of esters is 1. The van der Waals surface area contributed by atoms with Crippen molar-refractivity contribution in [1.29, 1.82) is 0 Å². The Morgan fingerprint density at radius 3 is 2.71 bits per heavy atom. The zero-order valence-electron chi connectivity index (χ0n) is 15.5. The normalized spacial score (nSPS) is 10.5. The lowest BCUT2D eigenvalue weighted by molar-refractivity contribution is 0.0600. The molecule has 0 unspecified atom stereocenters. The quantitative estimate of drug-likeness (QED) is 0.451. The third kappa shape index (κ3) is 5.23. The van der Waals surface area contributed by atoms with Crippen molar-refractivity contribution in [2.45, 2.75) is 19.6 Å². The summed E-state index contributed by atoms with van der Waals surface area (Å²) in [6.07, 6.45) is 4.37. The molecule has 8 heteroatoms. The standard InChI is InChI=1S/C20H21N3O5/c1-26-20(25)15-4-6-16(7-5-15)27-14-17-8-9-18(28-17)19(24)21-10-2-12-23-13-3-11-22-23/h3-9,11,13H,2,10,12,14H2,1H3,(H,21,24). The van der Waals surface area contributed by atoms with Crippen LogP contribution >= 0.6 is 0 Å². The number of methoxy groups -OCH3 is 1. The van der Waals surface area contributed by atoms with Crippen LogP contribution in [0.15, 0.2) is 59.3 Å². The molecule has 0 bridgehead atoms. The van der Waals surface area contributed by atoms with Gasteiger partial charge in [-0.05, 0) is 48.9 Å². The zero-order valence-corrected chi connectivity index (χ0v) is 15.5. The summed E-state index contributed by atoms with van der Waals surface area (Å²) in [5, 5.41) is 6.92. The predicted octanol–water partition coefficient (Wildman–Crippen LogP) is 2.66. The van der Waals surface area contributed by atoms with E-state index in [9.17, 15) is 9.59 Å². The van der Waals surface area contributed by atoms with Crippen LogP contribution in [0.1, 0.15) is 33.1 Å². The number of rotatable bonds is 9. The Morgan fingerprint density at radius 2 is 2.00 bits per heavy atom. The topological polar surface area (TPSA) is 95.6 Å². The smallest absolute Gasteiger partial charge is 0.337 e. The van der Waals surface area contributed by atoms with Crippen molar-refractivity contribution in [2.75, 3.05) is 13.7 Å². The molecule has 0 spiro atoms. The van der Waals surface area contributed by atoms with Crippen LogP contribution in [0.2, 0.25) is 0 Å². The van der Waals surface area contributed by atoms with Crippen LogP contribution in [0.5, 0.6) is 5.75 Å². The number of hydrogen-bond acceptors (Lipinski definition) is 6. The highest BCUT2D eigenvalue weighted by molar-refractivity contribution is 5.91. The fourth-order valence-corrected chi connectivity index (χ4v) is 2.50. The number of ether oxygens (including phenoxy) is 2. The van der Waals surface area contributed by atoms with Gasteiger partial charge in [-0.3, -0.25) is 9.48 Å². The number of aromatic nitrogens is 2. The van der Waals surface area contributed by atoms with Gasteiger partial charge in [-0.25, -0.2) is 4.79 Å². The Balaban J connectivity index is 1.43. The van der Waals surface area contributed by atoms with Crippen molar-refractivity contribution in [2.24, 2.45) is 0 Å². The number of nitrogens with zero attached hydrogens (tertiary/aromatic N) is 2. The van der Waals surface area contributed by atoms with Crippen LogP contribution in [0.3, 0.4) is 0 Å². The first-order valence-electron chi connectivity index (χ1n) is 8.81. The van der Waals surface area contributed by atoms with E-state index in [1.807, 2.05) is 16.9 Å². The predicted molar refractivity (Wildman–Crippen MR) is 100.0 cm³/mol. The van der Waals surface area contributed by atoms with Gasteiger partial charge in [0.15, 0.2) is 5.76 Å². The van der Waals surface area contributed by atoms with E-state index in [4.69, 9.17) is 9.15 Å². The van der Waals surface area contributed by atoms with Gasteiger partial charge in [0, 0.05) is 25.5 Å². The molecule has 28 heavy (non-hydrogen) atoms. The van der Waals surface area contributed by atoms with Crippen molar-refractivity contribution in [3.05, 3.63) is 71.9 Å². The Kier molecular flexibility index (Phi) is 6.46. The maximum atomic E-state index is 12.1. The fraction of sp³-hybridized carbons (Fsp3) is 0.250. The van der Waals surface area contributed by atoms with Crippen molar-refractivity contribution < 1.29 is 23.5 Å². The molecule has 3 rings (SSSR count). The van der Waals surface area contributed by atoms with E-state index in [0.29, 0.717) is 23.6 Å². The van der Waals surface area contributed by atoms with Gasteiger partial charge >= 0.3 is 5.97 Å². The van der Waals surface area contributed by atoms with E-state index in [2.05, 4.69) is 15.2 Å². The summed E-state index contributed by atoms with van der Waals surface area (Å²) in [5.41, 5.74) is 0.444. The molecule has 0 radical (unpaired) electrons. The molecule has 0 fully saturated rings. The fourth-order valence-electron chi connectivity index (χ4n) is 2.50. The highest BCUT2D eigenvalue weighted by Gasteiger charge is 2.11. The van der Waals surface area contributed by atoms with Crippen LogP contribution in [-0.2, 0) is 17.9 Å². The SMILES string of the molecule is COC(=O)c1ccc(OCc2ccc(C(=O)NCCCn3cccn3)o2)cc1. The minimum absolute atomic E-state index is 0.171. The first kappa shape index (κ1) is 19.2. The highest BCUT2D eigenvalue weighted by Crippen LogP contribution is 2.16. The molecule has 1 aromatic carbocycles. The van der Waals surface area contributed by atoms with E-state index in [-0.39, 0.29) is 18.3 Å². The molecule has 0 atom stereocenters. The molecule has 146 valence electrons. The number of amides is 1. The van der Waals surface area contributed by atoms with E-state index >= 15 is 0 Å². The molecular formula is C20H21N3O5. The molecule has 8 nitrogen and oxygen atoms in total. The number of hydrogen-bond donors (Lipinski definition) is 1. The second-order valence-corrected chi connectivity index (χ2v) is 5.95. The van der Waals surface area contributed by atoms with Gasteiger partial charge in [-0.15, -0.1) is 0 Å². The van der Waals surface area contributed by atoms with Crippen LogP contribution < -0.4 is 10.1 Å². The molecule has 2 heterocycles. The summed E-state index contributed by atoms with van der Waals surface area (Å²) in [4.78, 5) is 23.5. The first-order valence-corrected chi connectivity index (χ1v) is 8.81. The number of aryl methyl sites for hydroxylation is 1. The molecule has 0 saturated carbocycles. The minimum atomic E-state index is -0.405. The van der Waals surface area contributed by atoms with Gasteiger partial charge < -0.3 is 19.2 Å². The van der Waals surface area contributed by atoms with Crippen LogP contribution in [0.4, 0.5) is 0 Å². The van der Waals surface area contributed by atoms with Gasteiger partial charge in [0.05, 0.1) is 12.7 Å². The monoisotopic (exact) mass is 383 g/mol. The van der Waals surface area contributed by atoms with E-state index < -0.39 is 5.97 Å². The van der Waals surface area contributed by atoms with Crippen molar-refractivity contribution in [3.63, 3.8) is 0 Å². The average Bonchev–Trinajstić information content (AvgIpc) is 3.41. The number of nitrogens with one attached hydrogen (secondary N) is 1. The summed E-state index contributed by atoms with van der Waals surface area (Å²) < 4.78 is 17.6. The lowest BCUT2D eigenvalue weighted by Gasteiger charge is -2.05. The van der Waals surface area contributed by atoms with Gasteiger partial charge in [0.1, 0.15) is 18.1 Å². The third-order valence-corrected chi connectivity index (χ3v) is 3.95. The molecule has 3 aromatic rings. The van der Waals surface area contributed by atoms with Crippen molar-refractivity contribution >= 4 is 11.9 Å². The summed E-state index contributed by atoms with van der Waals surface area (Å²) in [7, 11) is 1.33. The number of carbonyl (C=O) groups is 2. The van der Waals surface area contributed by atoms with Crippen LogP contribution in [0, 0.1) is 0 Å². The van der Waals surface area contributed by atoms with Crippen LogP contribution in [0.25, 0.3) is 0 Å². The average molecular weight is 383 g/mol. The molecule has 0 aliphatic rings. The molecule has 0 aliphatic carbocycles. The van der Waals surface area contributed by atoms with Gasteiger partial charge in [0.25, 0.3) is 5.91 Å². The molecule has 1 N–H and O–H groups in total. The summed E-state index contributed by atoms with van der Waals surface area (Å²) >= 11 is 0. The van der Waals surface area contributed by atoms with Gasteiger partial charge in [-0.2, -0.15) is 5.10 Å². The van der Waals surface area contributed by atoms with Gasteiger partial charge in [0.2, 0.25) is 0 Å². The molecular weight excluding hydrogens is 362 g/mol. The maximum absolute atomic E-state index is 12.1. The lowest BCUT2D eigenvalue weighted by atomic mass is 10.2. The van der Waals surface area contributed by atoms with Crippen LogP contribution in [-0.4, -0.2) is 35.3 Å². The first-order chi connectivity index (χ1) is 13.7. The largest absolute Gasteiger partial charge is 0.486 e. The summed E-state index contributed by atoms with van der Waals surface area (Å²) in [6.45, 7) is 1.43. The molecule has 0 aliphatic heterocycles. The Hall–Kier alpha value is -3.55. The lowest BCUT2D eigenvalue weighted by Crippen LogP contribution is -2.24. The summed E-state index contributed by atoms with van der Waals surface area (Å²) in [6, 6.07) is 11.7. The minimum Gasteiger partial charge on any atom is -0.486 e. The van der Waals surface area contributed by atoms with Crippen molar-refractivity contribution in [1.82, 2.24) is 15.1 Å². The van der Waals surface area contributed by atoms with E-state index in [0.717, 1.165) is 13.0 Å². The van der Waals surface area contributed by atoms with Gasteiger partial charge in [-0.1, -0.05) is 0 Å². The second kappa shape index (κ2) is 9.40. The number of carbonyl (C=O) groups excluding carboxylic acids is 2. The second-order valence-electron chi connectivity index (χ2n) is 5.95. The Bertz CT molecular complexity index is 900. The van der Waals surface area contributed by atoms with Crippen molar-refractivity contribution in [3.8, 4) is 5.75 Å². The maximum Gasteiger partial charge on any atom is 0.337 e. The zero-order chi connectivity index (χ0) is 19.8. The molecule has 1 amide bonds. The third-order valence-electron chi connectivity index (χ3n) is 3.95. The number of benzene rings is 1. The molecule has 0 saturated heterocycles. The molecule has 2 aromatic heterocycles. The van der Waals surface area contributed by atoms with E-state index in [1.54, 1.807) is 42.6 Å². The van der Waals surface area contributed by atoms with E-state index in [1.165, 1.54) is 7.11 Å². The number of furan rings is 1. The Labute approximate surface area is 162 Å².